The number of aromatic nitrogens is 2. The number of fused-ring (bicyclic) bond motifs is 1. The van der Waals surface area contributed by atoms with Gasteiger partial charge < -0.3 is 9.16 Å². The lowest BCUT2D eigenvalue weighted by molar-refractivity contribution is -0.0368. The monoisotopic (exact) mass is 458 g/mol. The van der Waals surface area contributed by atoms with Gasteiger partial charge >= 0.3 is 0 Å². The van der Waals surface area contributed by atoms with Crippen LogP contribution in [0, 0.1) is 3.70 Å². The summed E-state index contributed by atoms with van der Waals surface area (Å²) >= 11 is 2.31. The molecule has 0 spiro atoms. The molecule has 1 aliphatic rings. The van der Waals surface area contributed by atoms with E-state index >= 15 is 0 Å². The topological polar surface area (TPSA) is 36.3 Å². The average Bonchev–Trinajstić information content (AvgIpc) is 2.83. The maximum Gasteiger partial charge on any atom is 0.250 e. The molecule has 1 unspecified atom stereocenters. The minimum Gasteiger partial charge on any atom is -0.543 e. The Kier molecular flexibility index (Phi) is 5.01. The fourth-order valence-corrected chi connectivity index (χ4v) is 4.42. The second-order valence-electron chi connectivity index (χ2n) is 8.10. The van der Waals surface area contributed by atoms with Crippen LogP contribution in [0.5, 0.6) is 5.75 Å². The van der Waals surface area contributed by atoms with Gasteiger partial charge in [-0.25, -0.2) is 4.68 Å². The fourth-order valence-electron chi connectivity index (χ4n) is 2.73. The summed E-state index contributed by atoms with van der Waals surface area (Å²) < 4.78 is 15.4. The van der Waals surface area contributed by atoms with E-state index in [1.165, 1.54) is 6.42 Å². The molecule has 6 heteroatoms. The fraction of sp³-hybridized carbons (Fsp3) is 0.611. The molecule has 3 rings (SSSR count). The second kappa shape index (κ2) is 6.61. The van der Waals surface area contributed by atoms with Crippen molar-refractivity contribution in [2.75, 3.05) is 6.61 Å². The van der Waals surface area contributed by atoms with Gasteiger partial charge in [0.05, 0.1) is 5.52 Å². The lowest BCUT2D eigenvalue weighted by Crippen LogP contribution is -2.43. The van der Waals surface area contributed by atoms with Gasteiger partial charge in [0.15, 0.2) is 6.23 Å². The van der Waals surface area contributed by atoms with E-state index in [2.05, 4.69) is 74.7 Å². The molecule has 0 saturated carbocycles. The van der Waals surface area contributed by atoms with Crippen molar-refractivity contribution in [3.8, 4) is 5.75 Å². The third-order valence-electron chi connectivity index (χ3n) is 5.24. The third kappa shape index (κ3) is 3.50. The molecule has 1 aromatic carbocycles. The first-order valence-electron chi connectivity index (χ1n) is 8.67. The van der Waals surface area contributed by atoms with Gasteiger partial charge in [-0.2, -0.15) is 5.10 Å². The van der Waals surface area contributed by atoms with Gasteiger partial charge in [-0.05, 0) is 78.2 Å². The van der Waals surface area contributed by atoms with E-state index in [1.54, 1.807) is 0 Å². The molecule has 24 heavy (non-hydrogen) atoms. The number of hydrogen-bond acceptors (Lipinski definition) is 3. The van der Waals surface area contributed by atoms with Crippen LogP contribution in [0.25, 0.3) is 10.9 Å². The van der Waals surface area contributed by atoms with Gasteiger partial charge in [0, 0.05) is 12.0 Å². The number of halogens is 1. The minimum absolute atomic E-state index is 0.0666. The van der Waals surface area contributed by atoms with Gasteiger partial charge in [-0.3, -0.25) is 0 Å². The first-order chi connectivity index (χ1) is 11.2. The van der Waals surface area contributed by atoms with Gasteiger partial charge in [0.1, 0.15) is 9.45 Å². The number of ether oxygens (including phenoxy) is 1. The SMILES string of the molecule is CC(C)(C)[Si](C)(C)Oc1ccc2c(c1)c(I)nn2C1CCCCO1. The van der Waals surface area contributed by atoms with Crippen LogP contribution in [0.2, 0.25) is 18.1 Å². The molecular formula is C18H27IN2O2Si. The zero-order valence-corrected chi connectivity index (χ0v) is 18.4. The van der Waals surface area contributed by atoms with Crippen molar-refractivity contribution in [1.82, 2.24) is 9.78 Å². The molecule has 132 valence electrons. The van der Waals surface area contributed by atoms with Crippen LogP contribution in [-0.4, -0.2) is 24.7 Å². The summed E-state index contributed by atoms with van der Waals surface area (Å²) in [6, 6.07) is 6.36. The molecule has 1 atom stereocenters. The van der Waals surface area contributed by atoms with Gasteiger partial charge in [-0.15, -0.1) is 0 Å². The Morgan fingerprint density at radius 3 is 2.67 bits per heavy atom. The Morgan fingerprint density at radius 2 is 2.04 bits per heavy atom. The van der Waals surface area contributed by atoms with Crippen molar-refractivity contribution in [2.45, 2.75) is 64.4 Å². The second-order valence-corrected chi connectivity index (χ2v) is 13.8. The predicted molar refractivity (Wildman–Crippen MR) is 109 cm³/mol. The van der Waals surface area contributed by atoms with E-state index in [4.69, 9.17) is 14.3 Å². The number of hydrogen-bond donors (Lipinski definition) is 0. The molecule has 1 aliphatic heterocycles. The summed E-state index contributed by atoms with van der Waals surface area (Å²) in [5.74, 6) is 0.955. The largest absolute Gasteiger partial charge is 0.543 e. The summed E-state index contributed by atoms with van der Waals surface area (Å²) in [6.45, 7) is 12.2. The normalized spacial score (nSPS) is 19.7. The molecule has 0 bridgehead atoms. The lowest BCUT2D eigenvalue weighted by atomic mass is 10.2. The molecule has 2 aromatic rings. The van der Waals surface area contributed by atoms with Crippen LogP contribution in [0.4, 0.5) is 0 Å². The van der Waals surface area contributed by atoms with Crippen molar-refractivity contribution in [2.24, 2.45) is 0 Å². The van der Waals surface area contributed by atoms with Crippen LogP contribution >= 0.6 is 22.6 Å². The van der Waals surface area contributed by atoms with E-state index in [0.29, 0.717) is 0 Å². The first kappa shape index (κ1) is 18.2. The highest BCUT2D eigenvalue weighted by atomic mass is 127. The van der Waals surface area contributed by atoms with Crippen LogP contribution in [0.1, 0.15) is 46.3 Å². The van der Waals surface area contributed by atoms with Crippen LogP contribution in [-0.2, 0) is 4.74 Å². The minimum atomic E-state index is -1.83. The van der Waals surface area contributed by atoms with Crippen LogP contribution < -0.4 is 4.43 Å². The summed E-state index contributed by atoms with van der Waals surface area (Å²) in [5, 5.41) is 6.08. The van der Waals surface area contributed by atoms with Crippen molar-refractivity contribution < 1.29 is 9.16 Å². The average molecular weight is 458 g/mol. The van der Waals surface area contributed by atoms with Crippen molar-refractivity contribution in [3.05, 3.63) is 21.9 Å². The Bertz CT molecular complexity index is 730. The highest BCUT2D eigenvalue weighted by Crippen LogP contribution is 2.38. The Hall–Kier alpha value is -0.603. The summed E-state index contributed by atoms with van der Waals surface area (Å²) in [5.41, 5.74) is 1.13. The van der Waals surface area contributed by atoms with Crippen LogP contribution in [0.3, 0.4) is 0 Å². The summed E-state index contributed by atoms with van der Waals surface area (Å²) in [6.07, 6.45) is 3.46. The number of nitrogens with zero attached hydrogens (tertiary/aromatic N) is 2. The van der Waals surface area contributed by atoms with E-state index in [9.17, 15) is 0 Å². The molecule has 0 aliphatic carbocycles. The molecular weight excluding hydrogens is 431 g/mol. The van der Waals surface area contributed by atoms with Crippen LogP contribution in [0.15, 0.2) is 18.2 Å². The molecule has 1 fully saturated rings. The Labute approximate surface area is 159 Å². The maximum atomic E-state index is 6.45. The molecule has 1 aromatic heterocycles. The third-order valence-corrected chi connectivity index (χ3v) is 10.4. The van der Waals surface area contributed by atoms with Gasteiger partial charge in [0.25, 0.3) is 0 Å². The number of benzene rings is 1. The zero-order valence-electron chi connectivity index (χ0n) is 15.2. The number of rotatable bonds is 3. The quantitative estimate of drug-likeness (QED) is 0.436. The van der Waals surface area contributed by atoms with Crippen molar-refractivity contribution in [3.63, 3.8) is 0 Å². The molecule has 4 nitrogen and oxygen atoms in total. The standard InChI is InChI=1S/C18H27IN2O2Si/c1-18(2,3)24(4,5)23-13-9-10-15-14(12-13)17(19)20-21(15)16-8-6-7-11-22-16/h9-10,12,16H,6-8,11H2,1-5H3. The first-order valence-corrected chi connectivity index (χ1v) is 12.7. The molecule has 0 N–H and O–H groups in total. The van der Waals surface area contributed by atoms with E-state index in [1.807, 2.05) is 4.68 Å². The summed E-state index contributed by atoms with van der Waals surface area (Å²) in [4.78, 5) is 0. The van der Waals surface area contributed by atoms with Crippen molar-refractivity contribution in [1.29, 1.82) is 0 Å². The zero-order chi connectivity index (χ0) is 17.5. The maximum absolute atomic E-state index is 6.45. The Morgan fingerprint density at radius 1 is 1.29 bits per heavy atom. The highest BCUT2D eigenvalue weighted by Gasteiger charge is 2.39. The molecule has 0 radical (unpaired) electrons. The molecule has 0 amide bonds. The van der Waals surface area contributed by atoms with Crippen molar-refractivity contribution >= 4 is 41.8 Å². The van der Waals surface area contributed by atoms with E-state index in [-0.39, 0.29) is 11.3 Å². The Balaban J connectivity index is 1.93. The molecule has 1 saturated heterocycles. The summed E-state index contributed by atoms with van der Waals surface area (Å²) in [7, 11) is -1.83. The van der Waals surface area contributed by atoms with E-state index < -0.39 is 8.32 Å². The molecule has 2 heterocycles. The van der Waals surface area contributed by atoms with Gasteiger partial charge in [0.2, 0.25) is 8.32 Å². The lowest BCUT2D eigenvalue weighted by Gasteiger charge is -2.36. The highest BCUT2D eigenvalue weighted by molar-refractivity contribution is 14.1. The predicted octanol–water partition coefficient (Wildman–Crippen LogP) is 5.72. The van der Waals surface area contributed by atoms with Gasteiger partial charge in [-0.1, -0.05) is 20.8 Å². The van der Waals surface area contributed by atoms with E-state index in [0.717, 1.165) is 39.8 Å². The smallest absolute Gasteiger partial charge is 0.250 e.